The van der Waals surface area contributed by atoms with Crippen LogP contribution in [0.15, 0.2) is 18.2 Å². The molecule has 1 aliphatic rings. The van der Waals surface area contributed by atoms with Crippen LogP contribution in [0.5, 0.6) is 0 Å². The predicted molar refractivity (Wildman–Crippen MR) is 76.9 cm³/mol. The molecule has 1 fully saturated rings. The lowest BCUT2D eigenvalue weighted by atomic mass is 10.1. The van der Waals surface area contributed by atoms with Crippen molar-refractivity contribution in [3.8, 4) is 0 Å². The van der Waals surface area contributed by atoms with Gasteiger partial charge in [-0.15, -0.1) is 0 Å². The van der Waals surface area contributed by atoms with Gasteiger partial charge < -0.3 is 10.2 Å². The molecule has 0 aliphatic heterocycles. The van der Waals surface area contributed by atoms with Gasteiger partial charge in [-0.1, -0.05) is 6.07 Å². The van der Waals surface area contributed by atoms with Crippen molar-refractivity contribution in [1.29, 1.82) is 0 Å². The summed E-state index contributed by atoms with van der Waals surface area (Å²) >= 11 is 0. The van der Waals surface area contributed by atoms with Crippen molar-refractivity contribution in [2.45, 2.75) is 19.8 Å². The maximum Gasteiger partial charge on any atom is 0.293 e. The van der Waals surface area contributed by atoms with Crippen LogP contribution < -0.4 is 5.32 Å². The molecule has 20 heavy (non-hydrogen) atoms. The van der Waals surface area contributed by atoms with Gasteiger partial charge >= 0.3 is 0 Å². The number of benzene rings is 1. The van der Waals surface area contributed by atoms with Gasteiger partial charge in [-0.25, -0.2) is 0 Å². The first kappa shape index (κ1) is 14.3. The second-order valence-corrected chi connectivity index (χ2v) is 4.99. The zero-order valence-electron chi connectivity index (χ0n) is 11.8. The summed E-state index contributed by atoms with van der Waals surface area (Å²) in [7, 11) is 1.59. The van der Waals surface area contributed by atoms with E-state index < -0.39 is 4.92 Å². The molecule has 108 valence electrons. The van der Waals surface area contributed by atoms with E-state index >= 15 is 0 Å². The molecule has 0 heterocycles. The Kier molecular flexibility index (Phi) is 4.22. The van der Waals surface area contributed by atoms with E-state index in [2.05, 4.69) is 5.32 Å². The highest BCUT2D eigenvalue weighted by molar-refractivity contribution is 6.01. The fourth-order valence-electron chi connectivity index (χ4n) is 2.27. The Morgan fingerprint density at radius 3 is 2.70 bits per heavy atom. The van der Waals surface area contributed by atoms with E-state index in [9.17, 15) is 14.9 Å². The first-order chi connectivity index (χ1) is 9.58. The van der Waals surface area contributed by atoms with E-state index in [0.29, 0.717) is 18.0 Å². The van der Waals surface area contributed by atoms with Crippen LogP contribution in [0.2, 0.25) is 0 Å². The zero-order valence-corrected chi connectivity index (χ0v) is 11.8. The Hall–Kier alpha value is -2.11. The molecule has 0 unspecified atom stereocenters. The van der Waals surface area contributed by atoms with Crippen molar-refractivity contribution in [2.75, 3.05) is 25.5 Å². The SMILES string of the molecule is CCN(CC1CC1)C(=O)c1cccc([N+](=O)[O-])c1NC. The van der Waals surface area contributed by atoms with Crippen LogP contribution in [-0.4, -0.2) is 35.9 Å². The molecule has 1 aromatic rings. The van der Waals surface area contributed by atoms with E-state index in [1.54, 1.807) is 24.1 Å². The fraction of sp³-hybridized carbons (Fsp3) is 0.500. The van der Waals surface area contributed by atoms with Gasteiger partial charge in [-0.05, 0) is 31.7 Å². The Morgan fingerprint density at radius 1 is 1.50 bits per heavy atom. The molecule has 1 aromatic carbocycles. The molecule has 1 aliphatic carbocycles. The van der Waals surface area contributed by atoms with Gasteiger partial charge in [-0.2, -0.15) is 0 Å². The summed E-state index contributed by atoms with van der Waals surface area (Å²) in [4.78, 5) is 24.9. The summed E-state index contributed by atoms with van der Waals surface area (Å²) in [5, 5.41) is 13.8. The minimum Gasteiger partial charge on any atom is -0.382 e. The molecule has 1 N–H and O–H groups in total. The number of hydrogen-bond donors (Lipinski definition) is 1. The van der Waals surface area contributed by atoms with Crippen LogP contribution in [0, 0.1) is 16.0 Å². The standard InChI is InChI=1S/C14H19N3O3/c1-3-16(9-10-7-8-10)14(18)11-5-4-6-12(17(19)20)13(11)15-2/h4-6,10,15H,3,7-9H2,1-2H3. The smallest absolute Gasteiger partial charge is 0.293 e. The Morgan fingerprint density at radius 2 is 2.20 bits per heavy atom. The number of nitrogens with zero attached hydrogens (tertiary/aromatic N) is 2. The van der Waals surface area contributed by atoms with E-state index in [1.807, 2.05) is 6.92 Å². The Balaban J connectivity index is 2.32. The summed E-state index contributed by atoms with van der Waals surface area (Å²) < 4.78 is 0. The average molecular weight is 277 g/mol. The van der Waals surface area contributed by atoms with E-state index in [-0.39, 0.29) is 17.3 Å². The summed E-state index contributed by atoms with van der Waals surface area (Å²) in [5.74, 6) is 0.447. The highest BCUT2D eigenvalue weighted by Crippen LogP contribution is 2.32. The highest BCUT2D eigenvalue weighted by atomic mass is 16.6. The molecule has 2 rings (SSSR count). The first-order valence-electron chi connectivity index (χ1n) is 6.82. The third kappa shape index (κ3) is 2.89. The second kappa shape index (κ2) is 5.90. The summed E-state index contributed by atoms with van der Waals surface area (Å²) in [6.45, 7) is 3.28. The van der Waals surface area contributed by atoms with Gasteiger partial charge in [-0.3, -0.25) is 14.9 Å². The zero-order chi connectivity index (χ0) is 14.7. The van der Waals surface area contributed by atoms with Crippen LogP contribution in [0.25, 0.3) is 0 Å². The summed E-state index contributed by atoms with van der Waals surface area (Å²) in [5.41, 5.74) is 0.585. The molecule has 1 saturated carbocycles. The minimum absolute atomic E-state index is 0.0687. The maximum absolute atomic E-state index is 12.6. The van der Waals surface area contributed by atoms with Crippen molar-refractivity contribution in [2.24, 2.45) is 5.92 Å². The summed E-state index contributed by atoms with van der Waals surface area (Å²) in [6, 6.07) is 4.59. The maximum atomic E-state index is 12.6. The number of anilines is 1. The van der Waals surface area contributed by atoms with Gasteiger partial charge in [0.05, 0.1) is 10.5 Å². The Labute approximate surface area is 117 Å². The monoisotopic (exact) mass is 277 g/mol. The molecule has 0 spiro atoms. The largest absolute Gasteiger partial charge is 0.382 e. The molecule has 0 saturated heterocycles. The van der Waals surface area contributed by atoms with Gasteiger partial charge in [0.1, 0.15) is 5.69 Å². The first-order valence-corrected chi connectivity index (χ1v) is 6.82. The predicted octanol–water partition coefficient (Wildman–Crippen LogP) is 2.51. The van der Waals surface area contributed by atoms with E-state index in [4.69, 9.17) is 0 Å². The van der Waals surface area contributed by atoms with Crippen LogP contribution in [0.3, 0.4) is 0 Å². The highest BCUT2D eigenvalue weighted by Gasteiger charge is 2.28. The number of hydrogen-bond acceptors (Lipinski definition) is 4. The van der Waals surface area contributed by atoms with Crippen LogP contribution >= 0.6 is 0 Å². The van der Waals surface area contributed by atoms with Crippen LogP contribution in [0.4, 0.5) is 11.4 Å². The van der Waals surface area contributed by atoms with Crippen molar-refractivity contribution >= 4 is 17.3 Å². The number of carbonyl (C=O) groups is 1. The molecule has 0 atom stereocenters. The van der Waals surface area contributed by atoms with Crippen molar-refractivity contribution in [3.05, 3.63) is 33.9 Å². The average Bonchev–Trinajstić information content (AvgIpc) is 3.26. The molecule has 0 bridgehead atoms. The lowest BCUT2D eigenvalue weighted by Crippen LogP contribution is -2.33. The molecule has 0 radical (unpaired) electrons. The third-order valence-electron chi connectivity index (χ3n) is 3.56. The molecule has 0 aromatic heterocycles. The minimum atomic E-state index is -0.472. The number of rotatable bonds is 6. The van der Waals surface area contributed by atoms with Crippen molar-refractivity contribution in [3.63, 3.8) is 0 Å². The number of nitro benzene ring substituents is 1. The lowest BCUT2D eigenvalue weighted by Gasteiger charge is -2.22. The quantitative estimate of drug-likeness (QED) is 0.640. The van der Waals surface area contributed by atoms with E-state index in [0.717, 1.165) is 19.4 Å². The van der Waals surface area contributed by atoms with Gasteiger partial charge in [0.2, 0.25) is 0 Å². The third-order valence-corrected chi connectivity index (χ3v) is 3.56. The van der Waals surface area contributed by atoms with Crippen LogP contribution in [0.1, 0.15) is 30.1 Å². The normalized spacial score (nSPS) is 13.9. The van der Waals surface area contributed by atoms with Crippen LogP contribution in [-0.2, 0) is 0 Å². The number of nitrogens with one attached hydrogen (secondary N) is 1. The number of para-hydroxylation sites is 1. The number of carbonyl (C=O) groups excluding carboxylic acids is 1. The van der Waals surface area contributed by atoms with E-state index in [1.165, 1.54) is 6.07 Å². The molecule has 6 heteroatoms. The molecule has 1 amide bonds. The second-order valence-electron chi connectivity index (χ2n) is 4.99. The number of nitro groups is 1. The topological polar surface area (TPSA) is 75.5 Å². The summed E-state index contributed by atoms with van der Waals surface area (Å²) in [6.07, 6.45) is 2.33. The molecular weight excluding hydrogens is 258 g/mol. The Bertz CT molecular complexity index is 526. The fourth-order valence-corrected chi connectivity index (χ4v) is 2.27. The number of amides is 1. The van der Waals surface area contributed by atoms with Crippen molar-refractivity contribution in [1.82, 2.24) is 4.90 Å². The molecular formula is C14H19N3O3. The van der Waals surface area contributed by atoms with Gasteiger partial charge in [0.25, 0.3) is 11.6 Å². The van der Waals surface area contributed by atoms with Crippen molar-refractivity contribution < 1.29 is 9.72 Å². The van der Waals surface area contributed by atoms with Gasteiger partial charge in [0.15, 0.2) is 0 Å². The van der Waals surface area contributed by atoms with Gasteiger partial charge in [0, 0.05) is 26.2 Å². The lowest BCUT2D eigenvalue weighted by molar-refractivity contribution is -0.384. The molecule has 6 nitrogen and oxygen atoms in total.